The van der Waals surface area contributed by atoms with Gasteiger partial charge in [-0.1, -0.05) is 23.8 Å². The molecule has 150 valence electrons. The third-order valence-corrected chi connectivity index (χ3v) is 6.08. The van der Waals surface area contributed by atoms with Crippen molar-refractivity contribution in [1.82, 2.24) is 9.62 Å². The zero-order valence-electron chi connectivity index (χ0n) is 15.9. The van der Waals surface area contributed by atoms with Crippen molar-refractivity contribution in [3.05, 3.63) is 47.3 Å². The van der Waals surface area contributed by atoms with E-state index in [1.165, 1.54) is 34.9 Å². The Hall–Kier alpha value is -1.73. The molecule has 0 spiro atoms. The van der Waals surface area contributed by atoms with E-state index in [2.05, 4.69) is 11.4 Å². The molecule has 1 aromatic rings. The van der Waals surface area contributed by atoms with Crippen molar-refractivity contribution < 1.29 is 17.6 Å². The average Bonchev–Trinajstić information content (AvgIpc) is 2.63. The van der Waals surface area contributed by atoms with Crippen LogP contribution in [0.1, 0.15) is 44.1 Å². The fourth-order valence-electron chi connectivity index (χ4n) is 3.16. The first-order valence-electron chi connectivity index (χ1n) is 9.49. The van der Waals surface area contributed by atoms with E-state index in [0.29, 0.717) is 13.0 Å². The second-order valence-corrected chi connectivity index (χ2v) is 8.98. The number of nitrogens with one attached hydrogen (secondary N) is 1. The monoisotopic (exact) mass is 396 g/mol. The van der Waals surface area contributed by atoms with Crippen molar-refractivity contribution in [3.63, 3.8) is 0 Å². The number of carbonyl (C=O) groups is 1. The van der Waals surface area contributed by atoms with Crippen LogP contribution < -0.4 is 5.32 Å². The average molecular weight is 397 g/mol. The predicted octanol–water partition coefficient (Wildman–Crippen LogP) is 3.03. The molecule has 0 atom stereocenters. The lowest BCUT2D eigenvalue weighted by molar-refractivity contribution is -0.121. The summed E-state index contributed by atoms with van der Waals surface area (Å²) in [7, 11) is -3.41. The quantitative estimate of drug-likeness (QED) is 0.618. The van der Waals surface area contributed by atoms with E-state index in [9.17, 15) is 17.6 Å². The summed E-state index contributed by atoms with van der Waals surface area (Å²) in [6, 6.07) is 6.00. The summed E-state index contributed by atoms with van der Waals surface area (Å²) in [5.41, 5.74) is 2.26. The molecule has 0 radical (unpaired) electrons. The number of rotatable bonds is 10. The van der Waals surface area contributed by atoms with Crippen LogP contribution in [-0.4, -0.2) is 44.5 Å². The van der Waals surface area contributed by atoms with Crippen LogP contribution in [0.3, 0.4) is 0 Å². The predicted molar refractivity (Wildman–Crippen MR) is 105 cm³/mol. The Morgan fingerprint density at radius 2 is 1.89 bits per heavy atom. The first-order valence-corrected chi connectivity index (χ1v) is 11.3. The first-order chi connectivity index (χ1) is 12.8. The second kappa shape index (κ2) is 10.6. The van der Waals surface area contributed by atoms with Gasteiger partial charge in [-0.15, -0.1) is 0 Å². The Morgan fingerprint density at radius 3 is 2.52 bits per heavy atom. The van der Waals surface area contributed by atoms with Gasteiger partial charge >= 0.3 is 0 Å². The van der Waals surface area contributed by atoms with Crippen molar-refractivity contribution >= 4 is 15.9 Å². The summed E-state index contributed by atoms with van der Waals surface area (Å²) in [6.45, 7) is 1.01. The number of benzene rings is 1. The molecular weight excluding hydrogens is 367 g/mol. The number of allylic oxidation sites excluding steroid dienone is 1. The molecule has 1 aliphatic carbocycles. The highest BCUT2D eigenvalue weighted by Gasteiger charge is 2.17. The summed E-state index contributed by atoms with van der Waals surface area (Å²) in [5.74, 6) is -0.457. The molecule has 0 aliphatic heterocycles. The first kappa shape index (κ1) is 21.6. The fourth-order valence-corrected chi connectivity index (χ4v) is 4.00. The minimum Gasteiger partial charge on any atom is -0.356 e. The Balaban J connectivity index is 1.75. The number of nitrogens with zero attached hydrogens (tertiary/aromatic N) is 1. The van der Waals surface area contributed by atoms with Crippen molar-refractivity contribution in [3.8, 4) is 0 Å². The molecule has 1 aromatic carbocycles. The lowest BCUT2D eigenvalue weighted by atomic mass is 9.97. The van der Waals surface area contributed by atoms with E-state index in [1.54, 1.807) is 12.1 Å². The van der Waals surface area contributed by atoms with E-state index in [1.807, 2.05) is 0 Å². The standard InChI is InChI=1S/C20H29FN2O3S/c1-27(25,26)23(15-12-18-7-9-19(21)10-8-18)16-13-20(24)22-14-11-17-5-3-2-4-6-17/h5,7-10H,2-4,6,11-16H2,1H3,(H,22,24). The molecule has 27 heavy (non-hydrogen) atoms. The third-order valence-electron chi connectivity index (χ3n) is 4.77. The summed E-state index contributed by atoms with van der Waals surface area (Å²) in [5, 5.41) is 2.87. The molecule has 0 fully saturated rings. The zero-order chi connectivity index (χ0) is 19.7. The maximum Gasteiger partial charge on any atom is 0.221 e. The van der Waals surface area contributed by atoms with Crippen molar-refractivity contribution in [1.29, 1.82) is 0 Å². The van der Waals surface area contributed by atoms with E-state index in [0.717, 1.165) is 31.1 Å². The molecule has 0 unspecified atom stereocenters. The molecule has 1 N–H and O–H groups in total. The van der Waals surface area contributed by atoms with Gasteiger partial charge in [0, 0.05) is 26.1 Å². The molecule has 0 aromatic heterocycles. The van der Waals surface area contributed by atoms with E-state index in [4.69, 9.17) is 0 Å². The van der Waals surface area contributed by atoms with Crippen LogP contribution in [0.5, 0.6) is 0 Å². The van der Waals surface area contributed by atoms with Gasteiger partial charge in [0.15, 0.2) is 0 Å². The number of carbonyl (C=O) groups excluding carboxylic acids is 1. The number of amides is 1. The number of hydrogen-bond acceptors (Lipinski definition) is 3. The Labute approximate surface area is 161 Å². The molecule has 0 saturated carbocycles. The molecule has 0 heterocycles. The maximum absolute atomic E-state index is 13.0. The number of sulfonamides is 1. The Kier molecular flexibility index (Phi) is 8.44. The summed E-state index contributed by atoms with van der Waals surface area (Å²) >= 11 is 0. The van der Waals surface area contributed by atoms with E-state index < -0.39 is 10.0 Å². The topological polar surface area (TPSA) is 66.5 Å². The van der Waals surface area contributed by atoms with Crippen molar-refractivity contribution in [2.24, 2.45) is 0 Å². The fraction of sp³-hybridized carbons (Fsp3) is 0.550. The van der Waals surface area contributed by atoms with Gasteiger partial charge in [0.1, 0.15) is 5.82 Å². The lowest BCUT2D eigenvalue weighted by Gasteiger charge is -2.20. The zero-order valence-corrected chi connectivity index (χ0v) is 16.7. The summed E-state index contributed by atoms with van der Waals surface area (Å²) in [4.78, 5) is 12.0. The van der Waals surface area contributed by atoms with Gasteiger partial charge in [0.05, 0.1) is 6.26 Å². The smallest absolute Gasteiger partial charge is 0.221 e. The van der Waals surface area contributed by atoms with Gasteiger partial charge < -0.3 is 5.32 Å². The number of hydrogen-bond donors (Lipinski definition) is 1. The molecular formula is C20H29FN2O3S. The highest BCUT2D eigenvalue weighted by Crippen LogP contribution is 2.19. The minimum atomic E-state index is -3.41. The molecule has 0 saturated heterocycles. The molecule has 1 amide bonds. The van der Waals surface area contributed by atoms with E-state index >= 15 is 0 Å². The van der Waals surface area contributed by atoms with Crippen LogP contribution in [0, 0.1) is 5.82 Å². The minimum absolute atomic E-state index is 0.134. The Morgan fingerprint density at radius 1 is 1.15 bits per heavy atom. The van der Waals surface area contributed by atoms with Gasteiger partial charge in [-0.2, -0.15) is 0 Å². The maximum atomic E-state index is 13.0. The van der Waals surface area contributed by atoms with Crippen molar-refractivity contribution in [2.45, 2.75) is 44.9 Å². The molecule has 0 bridgehead atoms. The molecule has 5 nitrogen and oxygen atoms in total. The van der Waals surface area contributed by atoms with Gasteiger partial charge in [0.2, 0.25) is 15.9 Å². The molecule has 2 rings (SSSR count). The Bertz CT molecular complexity index is 745. The normalized spacial score (nSPS) is 14.9. The highest BCUT2D eigenvalue weighted by atomic mass is 32.2. The van der Waals surface area contributed by atoms with Crippen LogP contribution >= 0.6 is 0 Å². The van der Waals surface area contributed by atoms with Crippen LogP contribution in [-0.2, 0) is 21.2 Å². The SMILES string of the molecule is CS(=O)(=O)N(CCC(=O)NCCC1=CCCCC1)CCc1ccc(F)cc1. The highest BCUT2D eigenvalue weighted by molar-refractivity contribution is 7.88. The van der Waals surface area contributed by atoms with Gasteiger partial charge in [0.25, 0.3) is 0 Å². The summed E-state index contributed by atoms with van der Waals surface area (Å²) in [6.07, 6.45) is 9.58. The van der Waals surface area contributed by atoms with Crippen LogP contribution in [0.25, 0.3) is 0 Å². The van der Waals surface area contributed by atoms with E-state index in [-0.39, 0.29) is 31.2 Å². The lowest BCUT2D eigenvalue weighted by Crippen LogP contribution is -2.36. The number of halogens is 1. The van der Waals surface area contributed by atoms with Crippen LogP contribution in [0.15, 0.2) is 35.9 Å². The summed E-state index contributed by atoms with van der Waals surface area (Å²) < 4.78 is 38.2. The van der Waals surface area contributed by atoms with Gasteiger partial charge in [-0.25, -0.2) is 17.1 Å². The van der Waals surface area contributed by atoms with Crippen LogP contribution in [0.2, 0.25) is 0 Å². The van der Waals surface area contributed by atoms with Gasteiger partial charge in [-0.3, -0.25) is 4.79 Å². The molecule has 1 aliphatic rings. The third kappa shape index (κ3) is 8.22. The van der Waals surface area contributed by atoms with Crippen molar-refractivity contribution in [2.75, 3.05) is 25.9 Å². The molecule has 7 heteroatoms. The second-order valence-electron chi connectivity index (χ2n) is 7.00. The van der Waals surface area contributed by atoms with Crippen LogP contribution in [0.4, 0.5) is 4.39 Å². The van der Waals surface area contributed by atoms with Gasteiger partial charge in [-0.05, 0) is 56.2 Å². The largest absolute Gasteiger partial charge is 0.356 e.